The number of hydrogen-bond acceptors (Lipinski definition) is 3. The molecule has 0 aromatic heterocycles. The van der Waals surface area contributed by atoms with E-state index >= 15 is 0 Å². The number of hydrogen-bond donors (Lipinski definition) is 4. The molecule has 1 unspecified atom stereocenters. The molecule has 0 bridgehead atoms. The van der Waals surface area contributed by atoms with Crippen LogP contribution in [0.2, 0.25) is 0 Å². The molecule has 0 radical (unpaired) electrons. The lowest BCUT2D eigenvalue weighted by Crippen LogP contribution is -2.47. The highest BCUT2D eigenvalue weighted by Crippen LogP contribution is 2.28. The summed E-state index contributed by atoms with van der Waals surface area (Å²) in [5, 5.41) is 10.7. The van der Waals surface area contributed by atoms with Crippen molar-refractivity contribution in [2.24, 2.45) is 5.92 Å². The van der Waals surface area contributed by atoms with E-state index in [1.54, 1.807) is 24.3 Å². The molecule has 1 aromatic carbocycles. The Morgan fingerprint density at radius 2 is 1.54 bits per heavy atom. The van der Waals surface area contributed by atoms with Crippen LogP contribution in [0.15, 0.2) is 24.3 Å². The summed E-state index contributed by atoms with van der Waals surface area (Å²) in [5.41, 5.74) is 1.25. The molecule has 7 nitrogen and oxygen atoms in total. The molecule has 2 rings (SSSR count). The third-order valence-electron chi connectivity index (χ3n) is 4.15. The average Bonchev–Trinajstić information content (AvgIpc) is 3.08. The van der Waals surface area contributed by atoms with E-state index in [0.717, 1.165) is 25.7 Å². The molecule has 1 atom stereocenters. The third kappa shape index (κ3) is 4.97. The summed E-state index contributed by atoms with van der Waals surface area (Å²) in [6.45, 7) is 1.43. The van der Waals surface area contributed by atoms with Crippen LogP contribution >= 0.6 is 0 Å². The second-order valence-electron chi connectivity index (χ2n) is 5.99. The summed E-state index contributed by atoms with van der Waals surface area (Å²) in [6.07, 6.45) is 4.09. The van der Waals surface area contributed by atoms with Gasteiger partial charge in [-0.1, -0.05) is 12.8 Å². The first kappa shape index (κ1) is 17.8. The van der Waals surface area contributed by atoms with E-state index in [1.807, 2.05) is 0 Å². The van der Waals surface area contributed by atoms with Crippen molar-refractivity contribution in [1.29, 1.82) is 0 Å². The van der Waals surface area contributed by atoms with Gasteiger partial charge in [-0.15, -0.1) is 0 Å². The van der Waals surface area contributed by atoms with Gasteiger partial charge < -0.3 is 21.3 Å². The summed E-state index contributed by atoms with van der Waals surface area (Å²) < 4.78 is 0. The predicted octanol–water partition coefficient (Wildman–Crippen LogP) is 2.07. The third-order valence-corrected chi connectivity index (χ3v) is 4.15. The quantitative estimate of drug-likeness (QED) is 0.664. The van der Waals surface area contributed by atoms with Crippen molar-refractivity contribution >= 4 is 29.2 Å². The molecule has 4 N–H and O–H groups in total. The topological polar surface area (TPSA) is 99.3 Å². The Morgan fingerprint density at radius 3 is 2.04 bits per heavy atom. The van der Waals surface area contributed by atoms with Gasteiger partial charge in [0.25, 0.3) is 0 Å². The normalized spacial score (nSPS) is 15.4. The molecule has 1 fully saturated rings. The fourth-order valence-corrected chi connectivity index (χ4v) is 2.96. The first-order valence-electron chi connectivity index (χ1n) is 8.16. The van der Waals surface area contributed by atoms with Gasteiger partial charge in [-0.25, -0.2) is 4.79 Å². The number of benzene rings is 1. The van der Waals surface area contributed by atoms with Crippen molar-refractivity contribution in [2.45, 2.75) is 38.6 Å². The Morgan fingerprint density at radius 1 is 1.00 bits per heavy atom. The molecular formula is C17H24N4O3. The van der Waals surface area contributed by atoms with Crippen LogP contribution in [0.1, 0.15) is 32.6 Å². The summed E-state index contributed by atoms with van der Waals surface area (Å²) in [7, 11) is 1.54. The van der Waals surface area contributed by atoms with E-state index in [1.165, 1.54) is 14.0 Å². The Bertz CT molecular complexity index is 594. The smallest absolute Gasteiger partial charge is 0.318 e. The second kappa shape index (κ2) is 8.33. The number of amides is 4. The molecule has 0 spiro atoms. The molecular weight excluding hydrogens is 308 g/mol. The van der Waals surface area contributed by atoms with Crippen molar-refractivity contribution in [2.75, 3.05) is 17.7 Å². The largest absolute Gasteiger partial charge is 0.344 e. The molecule has 0 heterocycles. The minimum atomic E-state index is -0.506. The van der Waals surface area contributed by atoms with E-state index in [-0.39, 0.29) is 23.8 Å². The summed E-state index contributed by atoms with van der Waals surface area (Å²) >= 11 is 0. The van der Waals surface area contributed by atoms with E-state index in [0.29, 0.717) is 11.4 Å². The molecule has 1 saturated carbocycles. The maximum absolute atomic E-state index is 12.5. The number of nitrogens with one attached hydrogen (secondary N) is 4. The van der Waals surface area contributed by atoms with Crippen LogP contribution < -0.4 is 21.3 Å². The molecule has 1 aliphatic carbocycles. The Balaban J connectivity index is 2.00. The summed E-state index contributed by atoms with van der Waals surface area (Å²) in [6, 6.07) is 6.01. The van der Waals surface area contributed by atoms with Crippen LogP contribution in [0.3, 0.4) is 0 Å². The van der Waals surface area contributed by atoms with Crippen LogP contribution in [-0.2, 0) is 9.59 Å². The Hall–Kier alpha value is -2.57. The molecule has 1 aliphatic rings. The number of rotatable bonds is 5. The lowest BCUT2D eigenvalue weighted by atomic mass is 9.97. The molecule has 130 valence electrons. The van der Waals surface area contributed by atoms with E-state index in [4.69, 9.17) is 0 Å². The van der Waals surface area contributed by atoms with Gasteiger partial charge in [0.2, 0.25) is 11.8 Å². The van der Waals surface area contributed by atoms with Crippen molar-refractivity contribution in [1.82, 2.24) is 10.6 Å². The fraction of sp³-hybridized carbons (Fsp3) is 0.471. The predicted molar refractivity (Wildman–Crippen MR) is 92.7 cm³/mol. The van der Waals surface area contributed by atoms with Crippen molar-refractivity contribution in [3.05, 3.63) is 24.3 Å². The van der Waals surface area contributed by atoms with E-state index in [2.05, 4.69) is 21.3 Å². The molecule has 7 heteroatoms. The highest BCUT2D eigenvalue weighted by molar-refractivity contribution is 5.97. The summed E-state index contributed by atoms with van der Waals surface area (Å²) in [4.78, 5) is 35.2. The maximum Gasteiger partial charge on any atom is 0.318 e. The monoisotopic (exact) mass is 332 g/mol. The van der Waals surface area contributed by atoms with Gasteiger partial charge in [-0.05, 0) is 43.0 Å². The van der Waals surface area contributed by atoms with Crippen LogP contribution in [0, 0.1) is 5.92 Å². The van der Waals surface area contributed by atoms with Crippen LogP contribution in [0.4, 0.5) is 16.2 Å². The van der Waals surface area contributed by atoms with E-state index < -0.39 is 6.04 Å². The Labute approximate surface area is 141 Å². The van der Waals surface area contributed by atoms with Crippen molar-refractivity contribution < 1.29 is 14.4 Å². The highest BCUT2D eigenvalue weighted by Gasteiger charge is 2.31. The standard InChI is InChI=1S/C17H24N4O3/c1-11(22)19-15(12-5-3-4-6-12)16(23)20-13-7-9-14(10-8-13)21-17(24)18-2/h7-10,12,15H,3-6H2,1-2H3,(H,19,22)(H,20,23)(H2,18,21,24). The van der Waals surface area contributed by atoms with Gasteiger partial charge in [0, 0.05) is 25.3 Å². The minimum Gasteiger partial charge on any atom is -0.344 e. The molecule has 0 saturated heterocycles. The van der Waals surface area contributed by atoms with Crippen LogP contribution in [0.25, 0.3) is 0 Å². The zero-order chi connectivity index (χ0) is 17.5. The van der Waals surface area contributed by atoms with Crippen molar-refractivity contribution in [3.8, 4) is 0 Å². The molecule has 24 heavy (non-hydrogen) atoms. The second-order valence-corrected chi connectivity index (χ2v) is 5.99. The van der Waals surface area contributed by atoms with E-state index in [9.17, 15) is 14.4 Å². The van der Waals surface area contributed by atoms with Crippen molar-refractivity contribution in [3.63, 3.8) is 0 Å². The first-order valence-corrected chi connectivity index (χ1v) is 8.16. The van der Waals surface area contributed by atoms with Crippen LogP contribution in [0.5, 0.6) is 0 Å². The highest BCUT2D eigenvalue weighted by atomic mass is 16.2. The molecule has 0 aliphatic heterocycles. The zero-order valence-electron chi connectivity index (χ0n) is 14.0. The summed E-state index contributed by atoms with van der Waals surface area (Å²) in [5.74, 6) is -0.223. The SMILES string of the molecule is CNC(=O)Nc1ccc(NC(=O)C(NC(C)=O)C2CCCC2)cc1. The first-order chi connectivity index (χ1) is 11.5. The van der Waals surface area contributed by atoms with Gasteiger partial charge in [0.1, 0.15) is 6.04 Å². The molecule has 1 aromatic rings. The lowest BCUT2D eigenvalue weighted by Gasteiger charge is -2.23. The number of carbonyl (C=O) groups excluding carboxylic acids is 3. The van der Waals surface area contributed by atoms with Gasteiger partial charge in [0.15, 0.2) is 0 Å². The van der Waals surface area contributed by atoms with Gasteiger partial charge in [-0.3, -0.25) is 9.59 Å². The number of anilines is 2. The average molecular weight is 332 g/mol. The lowest BCUT2D eigenvalue weighted by molar-refractivity contribution is -0.126. The maximum atomic E-state index is 12.5. The van der Waals surface area contributed by atoms with Gasteiger partial charge >= 0.3 is 6.03 Å². The van der Waals surface area contributed by atoms with Gasteiger partial charge in [0.05, 0.1) is 0 Å². The number of carbonyl (C=O) groups is 3. The van der Waals surface area contributed by atoms with Gasteiger partial charge in [-0.2, -0.15) is 0 Å². The Kier molecular flexibility index (Phi) is 6.17. The minimum absolute atomic E-state index is 0.183. The number of urea groups is 1. The van der Waals surface area contributed by atoms with Crippen LogP contribution in [-0.4, -0.2) is 30.9 Å². The fourth-order valence-electron chi connectivity index (χ4n) is 2.96. The zero-order valence-corrected chi connectivity index (χ0v) is 14.0. The molecule has 4 amide bonds.